The van der Waals surface area contributed by atoms with Crippen molar-refractivity contribution in [1.29, 1.82) is 0 Å². The van der Waals surface area contributed by atoms with E-state index in [0.717, 1.165) is 12.8 Å². The van der Waals surface area contributed by atoms with Crippen LogP contribution in [0, 0.1) is 25.7 Å². The molecule has 0 unspecified atom stereocenters. The highest BCUT2D eigenvalue weighted by atomic mass is 16.5. The molecule has 0 radical (unpaired) electrons. The molecule has 1 saturated carbocycles. The normalized spacial score (nSPS) is 22.2. The number of hydrogen-bond donors (Lipinski definition) is 2. The number of carbonyl (C=O) groups excluding carboxylic acids is 3. The van der Waals surface area contributed by atoms with Crippen LogP contribution in [0.4, 0.5) is 0 Å². The molecule has 2 N–H and O–H groups in total. The second kappa shape index (κ2) is 9.06. The second-order valence-electron chi connectivity index (χ2n) is 7.36. The molecule has 0 bridgehead atoms. The standard InChI is InChI=1S/C20H30N2O5/c1-6-26-19(24)17-13(4)18(21-14(17)5)20(25)27-10-16(23)22-15-9-7-8-11(2)12(15)3/h11-12,15,21H,6-10H2,1-5H3,(H,22,23)/t11-,12+,15-/m1/s1. The molecule has 150 valence electrons. The molecule has 0 aliphatic heterocycles. The number of aromatic nitrogens is 1. The van der Waals surface area contributed by atoms with E-state index in [-0.39, 0.29) is 30.9 Å². The van der Waals surface area contributed by atoms with Crippen LogP contribution in [0.15, 0.2) is 0 Å². The molecule has 7 nitrogen and oxygen atoms in total. The summed E-state index contributed by atoms with van der Waals surface area (Å²) in [5.41, 5.74) is 1.50. The summed E-state index contributed by atoms with van der Waals surface area (Å²) >= 11 is 0. The molecule has 2 rings (SSSR count). The van der Waals surface area contributed by atoms with Gasteiger partial charge in [0.2, 0.25) is 0 Å². The Bertz CT molecular complexity index is 709. The van der Waals surface area contributed by atoms with E-state index in [9.17, 15) is 14.4 Å². The summed E-state index contributed by atoms with van der Waals surface area (Å²) < 4.78 is 10.2. The van der Waals surface area contributed by atoms with E-state index in [4.69, 9.17) is 9.47 Å². The summed E-state index contributed by atoms with van der Waals surface area (Å²) in [6, 6.07) is 0.116. The molecule has 1 amide bonds. The molecular weight excluding hydrogens is 348 g/mol. The van der Waals surface area contributed by atoms with Gasteiger partial charge in [-0.15, -0.1) is 0 Å². The van der Waals surface area contributed by atoms with Gasteiger partial charge in [-0.1, -0.05) is 26.7 Å². The first-order valence-electron chi connectivity index (χ1n) is 9.59. The van der Waals surface area contributed by atoms with Crippen LogP contribution < -0.4 is 5.32 Å². The van der Waals surface area contributed by atoms with Gasteiger partial charge < -0.3 is 19.8 Å². The van der Waals surface area contributed by atoms with Crippen LogP contribution in [0.2, 0.25) is 0 Å². The molecule has 27 heavy (non-hydrogen) atoms. The molecule has 0 aromatic carbocycles. The maximum atomic E-state index is 12.3. The maximum Gasteiger partial charge on any atom is 0.355 e. The van der Waals surface area contributed by atoms with Crippen LogP contribution in [0.5, 0.6) is 0 Å². The lowest BCUT2D eigenvalue weighted by molar-refractivity contribution is -0.125. The predicted molar refractivity (Wildman–Crippen MR) is 101 cm³/mol. The number of esters is 2. The molecule has 1 aliphatic carbocycles. The average molecular weight is 378 g/mol. The zero-order chi connectivity index (χ0) is 20.1. The third kappa shape index (κ3) is 4.90. The molecule has 1 aromatic heterocycles. The van der Waals surface area contributed by atoms with Crippen LogP contribution in [0.3, 0.4) is 0 Å². The fraction of sp³-hybridized carbons (Fsp3) is 0.650. The van der Waals surface area contributed by atoms with Gasteiger partial charge in [0.05, 0.1) is 12.2 Å². The Morgan fingerprint density at radius 3 is 2.48 bits per heavy atom. The summed E-state index contributed by atoms with van der Waals surface area (Å²) in [5, 5.41) is 2.97. The third-order valence-electron chi connectivity index (χ3n) is 5.51. The SMILES string of the molecule is CCOC(=O)c1c(C)[nH]c(C(=O)OCC(=O)N[C@@H]2CCC[C@@H](C)[C@@H]2C)c1C. The Balaban J connectivity index is 1.95. The number of amides is 1. The number of rotatable bonds is 6. The molecular formula is C20H30N2O5. The monoisotopic (exact) mass is 378 g/mol. The van der Waals surface area contributed by atoms with Crippen LogP contribution in [0.1, 0.15) is 72.1 Å². The topological polar surface area (TPSA) is 97.5 Å². The highest BCUT2D eigenvalue weighted by Gasteiger charge is 2.29. The van der Waals surface area contributed by atoms with Crippen molar-refractivity contribution in [3.63, 3.8) is 0 Å². The Morgan fingerprint density at radius 1 is 1.11 bits per heavy atom. The van der Waals surface area contributed by atoms with Gasteiger partial charge in [-0.05, 0) is 44.6 Å². The largest absolute Gasteiger partial charge is 0.462 e. The summed E-state index contributed by atoms with van der Waals surface area (Å²) in [7, 11) is 0. The second-order valence-corrected chi connectivity index (χ2v) is 7.36. The van der Waals surface area contributed by atoms with E-state index in [0.29, 0.717) is 28.7 Å². The highest BCUT2D eigenvalue weighted by molar-refractivity contribution is 5.99. The van der Waals surface area contributed by atoms with Gasteiger partial charge in [0.25, 0.3) is 5.91 Å². The number of aromatic amines is 1. The summed E-state index contributed by atoms with van der Waals surface area (Å²) in [5.74, 6) is -0.482. The van der Waals surface area contributed by atoms with Crippen molar-refractivity contribution >= 4 is 17.8 Å². The van der Waals surface area contributed by atoms with E-state index >= 15 is 0 Å². The Labute approximate surface area is 160 Å². The lowest BCUT2D eigenvalue weighted by atomic mass is 9.78. The van der Waals surface area contributed by atoms with E-state index in [1.54, 1.807) is 20.8 Å². The van der Waals surface area contributed by atoms with Gasteiger partial charge >= 0.3 is 11.9 Å². The zero-order valence-corrected chi connectivity index (χ0v) is 16.8. The van der Waals surface area contributed by atoms with Crippen LogP contribution >= 0.6 is 0 Å². The lowest BCUT2D eigenvalue weighted by Gasteiger charge is -2.34. The minimum Gasteiger partial charge on any atom is -0.462 e. The minimum atomic E-state index is -0.661. The summed E-state index contributed by atoms with van der Waals surface area (Å²) in [4.78, 5) is 39.4. The molecule has 0 saturated heterocycles. The summed E-state index contributed by atoms with van der Waals surface area (Å²) in [6.45, 7) is 9.30. The van der Waals surface area contributed by atoms with Gasteiger partial charge in [0.15, 0.2) is 6.61 Å². The maximum absolute atomic E-state index is 12.3. The molecule has 1 aromatic rings. The average Bonchev–Trinajstić information content (AvgIpc) is 2.91. The van der Waals surface area contributed by atoms with Crippen molar-refractivity contribution in [2.45, 2.75) is 59.9 Å². The van der Waals surface area contributed by atoms with Crippen LogP contribution in [-0.2, 0) is 14.3 Å². The summed E-state index contributed by atoms with van der Waals surface area (Å²) in [6.07, 6.45) is 3.22. The molecule has 7 heteroatoms. The number of ether oxygens (including phenoxy) is 2. The molecule has 1 aliphatic rings. The van der Waals surface area contributed by atoms with Gasteiger partial charge in [0.1, 0.15) is 5.69 Å². The van der Waals surface area contributed by atoms with E-state index in [1.807, 2.05) is 0 Å². The van der Waals surface area contributed by atoms with E-state index in [1.165, 1.54) is 6.42 Å². The molecule has 0 spiro atoms. The lowest BCUT2D eigenvalue weighted by Crippen LogP contribution is -2.45. The van der Waals surface area contributed by atoms with Crippen LogP contribution in [0.25, 0.3) is 0 Å². The van der Waals surface area contributed by atoms with E-state index in [2.05, 4.69) is 24.1 Å². The van der Waals surface area contributed by atoms with Crippen molar-refractivity contribution < 1.29 is 23.9 Å². The van der Waals surface area contributed by atoms with Gasteiger partial charge in [-0.25, -0.2) is 9.59 Å². The van der Waals surface area contributed by atoms with Crippen molar-refractivity contribution in [2.24, 2.45) is 11.8 Å². The first kappa shape index (κ1) is 21.0. The first-order valence-corrected chi connectivity index (χ1v) is 9.59. The predicted octanol–water partition coefficient (Wildman–Crippen LogP) is 2.91. The smallest absolute Gasteiger partial charge is 0.355 e. The highest BCUT2D eigenvalue weighted by Crippen LogP contribution is 2.29. The zero-order valence-electron chi connectivity index (χ0n) is 16.8. The van der Waals surface area contributed by atoms with Crippen molar-refractivity contribution in [3.8, 4) is 0 Å². The third-order valence-corrected chi connectivity index (χ3v) is 5.51. The van der Waals surface area contributed by atoms with Crippen molar-refractivity contribution in [1.82, 2.24) is 10.3 Å². The number of nitrogens with one attached hydrogen (secondary N) is 2. The first-order chi connectivity index (χ1) is 12.8. The van der Waals surface area contributed by atoms with Crippen molar-refractivity contribution in [2.75, 3.05) is 13.2 Å². The Hall–Kier alpha value is -2.31. The van der Waals surface area contributed by atoms with Crippen molar-refractivity contribution in [3.05, 3.63) is 22.5 Å². The molecule has 1 fully saturated rings. The van der Waals surface area contributed by atoms with E-state index < -0.39 is 11.9 Å². The van der Waals surface area contributed by atoms with Crippen LogP contribution in [-0.4, -0.2) is 42.1 Å². The quantitative estimate of drug-likeness (QED) is 0.742. The van der Waals surface area contributed by atoms with Gasteiger partial charge in [-0.3, -0.25) is 4.79 Å². The fourth-order valence-electron chi connectivity index (χ4n) is 3.70. The Kier molecular flexibility index (Phi) is 7.05. The number of H-pyrrole nitrogens is 1. The number of carbonyl (C=O) groups is 3. The Morgan fingerprint density at radius 2 is 1.81 bits per heavy atom. The number of aryl methyl sites for hydroxylation is 1. The molecule has 1 heterocycles. The minimum absolute atomic E-state index is 0.116. The fourth-order valence-corrected chi connectivity index (χ4v) is 3.70. The molecule has 3 atom stereocenters. The number of hydrogen-bond acceptors (Lipinski definition) is 5. The van der Waals surface area contributed by atoms with Gasteiger partial charge in [0, 0.05) is 11.7 Å². The van der Waals surface area contributed by atoms with Gasteiger partial charge in [-0.2, -0.15) is 0 Å².